The highest BCUT2D eigenvalue weighted by Crippen LogP contribution is 2.40. The van der Waals surface area contributed by atoms with Gasteiger partial charge in [-0.05, 0) is 48.2 Å². The van der Waals surface area contributed by atoms with Crippen LogP contribution in [0, 0.1) is 0 Å². The summed E-state index contributed by atoms with van der Waals surface area (Å²) in [6, 6.07) is 23.8. The number of carbonyl (C=O) groups excluding carboxylic acids is 1. The van der Waals surface area contributed by atoms with Gasteiger partial charge in [0.25, 0.3) is 5.91 Å². The molecule has 3 aromatic carbocycles. The Bertz CT molecular complexity index is 1420. The molecule has 0 bridgehead atoms. The molecule has 2 aliphatic rings. The lowest BCUT2D eigenvalue weighted by Gasteiger charge is -2.27. The average Bonchev–Trinajstić information content (AvgIpc) is 3.61. The van der Waals surface area contributed by atoms with Crippen LogP contribution in [0.5, 0.6) is 17.2 Å². The fourth-order valence-corrected chi connectivity index (χ4v) is 5.25. The zero-order valence-corrected chi connectivity index (χ0v) is 20.8. The van der Waals surface area contributed by atoms with E-state index < -0.39 is 0 Å². The van der Waals surface area contributed by atoms with Gasteiger partial charge in [-0.25, -0.2) is 0 Å². The number of benzene rings is 3. The Hall–Kier alpha value is -4.26. The van der Waals surface area contributed by atoms with Crippen molar-refractivity contribution in [3.8, 4) is 28.5 Å². The summed E-state index contributed by atoms with van der Waals surface area (Å²) in [5.41, 5.74) is 4.18. The van der Waals surface area contributed by atoms with Crippen LogP contribution in [0.3, 0.4) is 0 Å². The minimum atomic E-state index is -0.0358. The first-order valence-corrected chi connectivity index (χ1v) is 12.7. The van der Waals surface area contributed by atoms with Crippen molar-refractivity contribution >= 4 is 5.91 Å². The maximum Gasteiger partial charge on any atom is 0.258 e. The molecule has 0 spiro atoms. The highest BCUT2D eigenvalue weighted by Gasteiger charge is 2.34. The number of likely N-dealkylation sites (tertiary alicyclic amines) is 1. The topological polar surface area (TPSA) is 65.8 Å². The molecular weight excluding hydrogens is 466 g/mol. The third-order valence-corrected chi connectivity index (χ3v) is 7.01. The van der Waals surface area contributed by atoms with Crippen LogP contribution in [0.2, 0.25) is 0 Å². The number of hydrogen-bond acceptors (Lipinski definition) is 5. The molecule has 0 saturated carbocycles. The van der Waals surface area contributed by atoms with Crippen LogP contribution >= 0.6 is 0 Å². The lowest BCUT2D eigenvalue weighted by atomic mass is 10.0. The van der Waals surface area contributed by atoms with Crippen LogP contribution in [-0.2, 0) is 6.54 Å². The number of hydrogen-bond donors (Lipinski definition) is 0. The summed E-state index contributed by atoms with van der Waals surface area (Å²) in [4.78, 5) is 16.1. The van der Waals surface area contributed by atoms with Crippen LogP contribution in [0.1, 0.15) is 40.4 Å². The van der Waals surface area contributed by atoms with Crippen LogP contribution in [-0.4, -0.2) is 47.5 Å². The Morgan fingerprint density at radius 1 is 1.00 bits per heavy atom. The van der Waals surface area contributed by atoms with E-state index in [2.05, 4.69) is 12.1 Å². The molecule has 4 aromatic rings. The summed E-state index contributed by atoms with van der Waals surface area (Å²) < 4.78 is 19.0. The van der Waals surface area contributed by atoms with Crippen LogP contribution in [0.15, 0.2) is 79.0 Å². The number of carbonyl (C=O) groups is 1. The zero-order chi connectivity index (χ0) is 25.2. The first-order valence-electron chi connectivity index (χ1n) is 12.7. The van der Waals surface area contributed by atoms with Crippen molar-refractivity contribution in [1.29, 1.82) is 0 Å². The summed E-state index contributed by atoms with van der Waals surface area (Å²) in [6.07, 6.45) is 3.71. The number of aromatic nitrogens is 2. The molecule has 1 aromatic heterocycles. The fourth-order valence-electron chi connectivity index (χ4n) is 5.25. The highest BCUT2D eigenvalue weighted by atomic mass is 16.6. The second kappa shape index (κ2) is 10.0. The smallest absolute Gasteiger partial charge is 0.258 e. The number of para-hydroxylation sites is 1. The lowest BCUT2D eigenvalue weighted by Crippen LogP contribution is -2.30. The van der Waals surface area contributed by atoms with Crippen LogP contribution < -0.4 is 14.2 Å². The van der Waals surface area contributed by atoms with Gasteiger partial charge < -0.3 is 19.1 Å². The van der Waals surface area contributed by atoms with Gasteiger partial charge >= 0.3 is 0 Å². The molecule has 1 amide bonds. The van der Waals surface area contributed by atoms with Crippen molar-refractivity contribution in [2.75, 3.05) is 26.9 Å². The maximum atomic E-state index is 14.2. The third-order valence-electron chi connectivity index (χ3n) is 7.01. The summed E-state index contributed by atoms with van der Waals surface area (Å²) in [7, 11) is 1.64. The Balaban J connectivity index is 1.37. The average molecular weight is 496 g/mol. The minimum Gasteiger partial charge on any atom is -0.496 e. The number of rotatable bonds is 6. The molecule has 1 atom stereocenters. The third kappa shape index (κ3) is 4.53. The van der Waals surface area contributed by atoms with E-state index in [1.54, 1.807) is 7.11 Å². The second-order valence-corrected chi connectivity index (χ2v) is 9.33. The van der Waals surface area contributed by atoms with E-state index in [-0.39, 0.29) is 11.9 Å². The molecule has 7 nitrogen and oxygen atoms in total. The van der Waals surface area contributed by atoms with Crippen LogP contribution in [0.25, 0.3) is 11.3 Å². The van der Waals surface area contributed by atoms with Gasteiger partial charge in [0.2, 0.25) is 0 Å². The van der Waals surface area contributed by atoms with E-state index in [0.29, 0.717) is 43.3 Å². The standard InChI is InChI=1S/C30H29N3O4/c1-35-26-12-6-5-10-23(26)29-24(20-32(31-29)19-21-8-3-2-4-9-21)30(34)33-15-7-11-25(33)22-13-14-27-28(18-22)37-17-16-36-27/h2-6,8-10,12-14,18,20,25H,7,11,15-17,19H2,1H3/t25-/m1/s1. The Kier molecular flexibility index (Phi) is 6.26. The van der Waals surface area contributed by atoms with Crippen molar-refractivity contribution in [2.24, 2.45) is 0 Å². The number of nitrogens with zero attached hydrogens (tertiary/aromatic N) is 3. The molecule has 0 unspecified atom stereocenters. The van der Waals surface area contributed by atoms with E-state index in [1.165, 1.54) is 0 Å². The Morgan fingerprint density at radius 3 is 2.62 bits per heavy atom. The van der Waals surface area contributed by atoms with Crippen molar-refractivity contribution in [2.45, 2.75) is 25.4 Å². The van der Waals surface area contributed by atoms with Crippen LogP contribution in [0.4, 0.5) is 0 Å². The quantitative estimate of drug-likeness (QED) is 0.361. The molecule has 188 valence electrons. The largest absolute Gasteiger partial charge is 0.496 e. The molecule has 37 heavy (non-hydrogen) atoms. The van der Waals surface area contributed by atoms with Crippen molar-refractivity contribution in [3.63, 3.8) is 0 Å². The number of amides is 1. The van der Waals surface area contributed by atoms with E-state index in [9.17, 15) is 4.79 Å². The number of methoxy groups -OCH3 is 1. The highest BCUT2D eigenvalue weighted by molar-refractivity contribution is 6.00. The fraction of sp³-hybridized carbons (Fsp3) is 0.267. The van der Waals surface area contributed by atoms with Gasteiger partial charge in [0, 0.05) is 18.3 Å². The van der Waals surface area contributed by atoms with E-state index >= 15 is 0 Å². The van der Waals surface area contributed by atoms with Gasteiger partial charge in [0.1, 0.15) is 24.7 Å². The maximum absolute atomic E-state index is 14.2. The number of ether oxygens (including phenoxy) is 3. The van der Waals surface area contributed by atoms with Gasteiger partial charge in [-0.3, -0.25) is 9.48 Å². The summed E-state index contributed by atoms with van der Waals surface area (Å²) in [5.74, 6) is 2.16. The first-order chi connectivity index (χ1) is 18.2. The monoisotopic (exact) mass is 495 g/mol. The molecule has 0 aliphatic carbocycles. The minimum absolute atomic E-state index is 0.0300. The number of fused-ring (bicyclic) bond motifs is 1. The molecule has 2 aliphatic heterocycles. The van der Waals surface area contributed by atoms with Crippen molar-refractivity contribution in [3.05, 3.63) is 95.7 Å². The van der Waals surface area contributed by atoms with Crippen molar-refractivity contribution < 1.29 is 19.0 Å². The second-order valence-electron chi connectivity index (χ2n) is 9.33. The molecule has 0 N–H and O–H groups in total. The summed E-state index contributed by atoms with van der Waals surface area (Å²) in [6.45, 7) is 2.35. The molecule has 6 rings (SSSR count). The van der Waals surface area contributed by atoms with Gasteiger partial charge in [-0.15, -0.1) is 0 Å². The molecular formula is C30H29N3O4. The zero-order valence-electron chi connectivity index (χ0n) is 20.8. The molecule has 0 radical (unpaired) electrons. The first kappa shape index (κ1) is 23.2. The molecule has 7 heteroatoms. The SMILES string of the molecule is COc1ccccc1-c1nn(Cc2ccccc2)cc1C(=O)N1CCC[C@@H]1c1ccc2c(c1)OCCO2. The predicted molar refractivity (Wildman–Crippen MR) is 140 cm³/mol. The summed E-state index contributed by atoms with van der Waals surface area (Å²) in [5, 5.41) is 4.88. The van der Waals surface area contributed by atoms with E-state index in [4.69, 9.17) is 19.3 Å². The summed E-state index contributed by atoms with van der Waals surface area (Å²) >= 11 is 0. The predicted octanol–water partition coefficient (Wildman–Crippen LogP) is 5.36. The van der Waals surface area contributed by atoms with Gasteiger partial charge in [-0.1, -0.05) is 48.5 Å². The van der Waals surface area contributed by atoms with E-state index in [0.717, 1.165) is 41.0 Å². The molecule has 1 fully saturated rings. The lowest BCUT2D eigenvalue weighted by molar-refractivity contribution is 0.0735. The normalized spacial score (nSPS) is 16.6. The molecule has 1 saturated heterocycles. The Labute approximate surface area is 216 Å². The van der Waals surface area contributed by atoms with E-state index in [1.807, 2.05) is 76.4 Å². The van der Waals surface area contributed by atoms with Gasteiger partial charge in [-0.2, -0.15) is 5.10 Å². The van der Waals surface area contributed by atoms with Gasteiger partial charge in [0.15, 0.2) is 11.5 Å². The molecule has 3 heterocycles. The Morgan fingerprint density at radius 2 is 1.78 bits per heavy atom. The van der Waals surface area contributed by atoms with Crippen molar-refractivity contribution in [1.82, 2.24) is 14.7 Å². The van der Waals surface area contributed by atoms with Gasteiger partial charge in [0.05, 0.1) is 25.3 Å².